The van der Waals surface area contributed by atoms with Crippen LogP contribution >= 0.6 is 0 Å². The van der Waals surface area contributed by atoms with Gasteiger partial charge in [0.05, 0.1) is 17.9 Å². The third kappa shape index (κ3) is 2.77. The van der Waals surface area contributed by atoms with Gasteiger partial charge in [0.25, 0.3) is 0 Å². The Bertz CT molecular complexity index is 903. The van der Waals surface area contributed by atoms with E-state index in [-0.39, 0.29) is 23.7 Å². The Morgan fingerprint density at radius 3 is 2.50 bits per heavy atom. The lowest BCUT2D eigenvalue weighted by Crippen LogP contribution is -2.46. The van der Waals surface area contributed by atoms with Crippen molar-refractivity contribution >= 4 is 17.9 Å². The van der Waals surface area contributed by atoms with Crippen LogP contribution in [0.25, 0.3) is 0 Å². The van der Waals surface area contributed by atoms with Gasteiger partial charge in [-0.25, -0.2) is 9.59 Å². The number of epoxide rings is 1. The number of ether oxygens (including phenoxy) is 4. The number of hydrogen-bond acceptors (Lipinski definition) is 8. The van der Waals surface area contributed by atoms with Gasteiger partial charge in [-0.15, -0.1) is 0 Å². The highest BCUT2D eigenvalue weighted by Crippen LogP contribution is 2.54. The van der Waals surface area contributed by atoms with Crippen molar-refractivity contribution in [1.82, 2.24) is 0 Å². The van der Waals surface area contributed by atoms with E-state index in [0.29, 0.717) is 0 Å². The van der Waals surface area contributed by atoms with Crippen molar-refractivity contribution in [3.63, 3.8) is 0 Å². The first-order chi connectivity index (χ1) is 13.9. The summed E-state index contributed by atoms with van der Waals surface area (Å²) in [5, 5.41) is 11.6. The third-order valence-electron chi connectivity index (χ3n) is 6.96. The quantitative estimate of drug-likeness (QED) is 0.241. The van der Waals surface area contributed by atoms with E-state index >= 15 is 0 Å². The molecule has 0 amide bonds. The summed E-state index contributed by atoms with van der Waals surface area (Å²) in [5.74, 6) is -3.36. The highest BCUT2D eigenvalue weighted by atomic mass is 16.7. The fourth-order valence-corrected chi connectivity index (χ4v) is 4.95. The molecule has 4 rings (SSSR count). The van der Waals surface area contributed by atoms with Gasteiger partial charge in [-0.05, 0) is 32.8 Å². The molecule has 4 aliphatic rings. The van der Waals surface area contributed by atoms with Crippen molar-refractivity contribution in [1.29, 1.82) is 0 Å². The standard InChI is InChI=1S/C22H26O8/c1-9-7-8-22(26)11(3)16(27-13(5)23)18(29-20(25)21(6)12(4)30-21)14-10(2)19(24)28-17(14)15(9)22/h7,12,14-18,26H,2-3,8H2,1,4-6H3. The van der Waals surface area contributed by atoms with Gasteiger partial charge in [0.15, 0.2) is 17.8 Å². The van der Waals surface area contributed by atoms with Crippen LogP contribution in [0.4, 0.5) is 0 Å². The van der Waals surface area contributed by atoms with Gasteiger partial charge < -0.3 is 24.1 Å². The first-order valence-corrected chi connectivity index (χ1v) is 9.96. The highest BCUT2D eigenvalue weighted by molar-refractivity contribution is 5.91. The number of aliphatic hydroxyl groups is 1. The SMILES string of the molecule is C=C1C(=O)OC2C1C(OC(=O)C1(C)OC1C)C(OC(C)=O)C(=C)C1(O)CC=C(C)C21. The molecule has 2 aliphatic carbocycles. The van der Waals surface area contributed by atoms with E-state index in [4.69, 9.17) is 18.9 Å². The molecule has 8 atom stereocenters. The zero-order valence-corrected chi connectivity index (χ0v) is 17.5. The van der Waals surface area contributed by atoms with Gasteiger partial charge in [0, 0.05) is 12.5 Å². The first-order valence-electron chi connectivity index (χ1n) is 9.96. The number of carbonyl (C=O) groups excluding carboxylic acids is 3. The largest absolute Gasteiger partial charge is 0.457 e. The van der Waals surface area contributed by atoms with Crippen LogP contribution in [0.2, 0.25) is 0 Å². The van der Waals surface area contributed by atoms with Crippen molar-refractivity contribution in [3.8, 4) is 0 Å². The molecule has 2 aliphatic heterocycles. The van der Waals surface area contributed by atoms with E-state index in [1.807, 2.05) is 13.0 Å². The second-order valence-electron chi connectivity index (χ2n) is 8.77. The van der Waals surface area contributed by atoms with Gasteiger partial charge in [-0.1, -0.05) is 24.8 Å². The zero-order valence-electron chi connectivity index (χ0n) is 17.5. The number of carbonyl (C=O) groups is 3. The summed E-state index contributed by atoms with van der Waals surface area (Å²) in [5.41, 5.74) is -1.54. The van der Waals surface area contributed by atoms with Crippen LogP contribution in [0, 0.1) is 11.8 Å². The van der Waals surface area contributed by atoms with Crippen molar-refractivity contribution in [2.45, 2.75) is 69.7 Å². The molecule has 0 aromatic carbocycles. The molecule has 0 aromatic rings. The van der Waals surface area contributed by atoms with E-state index in [1.165, 1.54) is 6.92 Å². The fourth-order valence-electron chi connectivity index (χ4n) is 4.95. The average molecular weight is 418 g/mol. The van der Waals surface area contributed by atoms with Crippen molar-refractivity contribution in [2.75, 3.05) is 0 Å². The first kappa shape index (κ1) is 20.8. The van der Waals surface area contributed by atoms with Gasteiger partial charge in [-0.3, -0.25) is 4.79 Å². The molecule has 8 heteroatoms. The summed E-state index contributed by atoms with van der Waals surface area (Å²) in [6, 6.07) is 0. The molecule has 30 heavy (non-hydrogen) atoms. The summed E-state index contributed by atoms with van der Waals surface area (Å²) >= 11 is 0. The normalized spacial score (nSPS) is 44.4. The molecule has 8 nitrogen and oxygen atoms in total. The molecular formula is C22H26O8. The Morgan fingerprint density at radius 2 is 1.93 bits per heavy atom. The van der Waals surface area contributed by atoms with E-state index in [1.54, 1.807) is 13.8 Å². The van der Waals surface area contributed by atoms with Crippen LogP contribution in [-0.2, 0) is 33.3 Å². The number of fused-ring (bicyclic) bond motifs is 3. The topological polar surface area (TPSA) is 112 Å². The molecule has 1 N–H and O–H groups in total. The Kier molecular flexibility index (Phi) is 4.52. The zero-order chi connectivity index (χ0) is 22.2. The second-order valence-corrected chi connectivity index (χ2v) is 8.77. The van der Waals surface area contributed by atoms with Crippen LogP contribution in [-0.4, -0.2) is 58.6 Å². The summed E-state index contributed by atoms with van der Waals surface area (Å²) in [4.78, 5) is 37.2. The predicted octanol–water partition coefficient (Wildman–Crippen LogP) is 1.37. The molecule has 162 valence electrons. The van der Waals surface area contributed by atoms with Gasteiger partial charge >= 0.3 is 17.9 Å². The molecule has 8 unspecified atom stereocenters. The van der Waals surface area contributed by atoms with Crippen LogP contribution < -0.4 is 0 Å². The van der Waals surface area contributed by atoms with E-state index in [2.05, 4.69) is 13.2 Å². The average Bonchev–Trinajstić information content (AvgIpc) is 3.05. The lowest BCUT2D eigenvalue weighted by Gasteiger charge is -2.36. The Morgan fingerprint density at radius 1 is 1.30 bits per heavy atom. The maximum absolute atomic E-state index is 12.9. The molecule has 2 saturated heterocycles. The molecule has 0 bridgehead atoms. The van der Waals surface area contributed by atoms with Crippen molar-refractivity contribution < 1.29 is 38.4 Å². The highest BCUT2D eigenvalue weighted by Gasteiger charge is 2.65. The molecule has 0 aromatic heterocycles. The Balaban J connectivity index is 1.82. The van der Waals surface area contributed by atoms with Crippen molar-refractivity contribution in [2.24, 2.45) is 11.8 Å². The molecule has 2 heterocycles. The molecule has 3 fully saturated rings. The monoisotopic (exact) mass is 418 g/mol. The second kappa shape index (κ2) is 6.52. The van der Waals surface area contributed by atoms with E-state index in [9.17, 15) is 19.5 Å². The lowest BCUT2D eigenvalue weighted by molar-refractivity contribution is -0.172. The minimum absolute atomic E-state index is 0.0987. The minimum Gasteiger partial charge on any atom is -0.457 e. The molecule has 1 saturated carbocycles. The van der Waals surface area contributed by atoms with Crippen LogP contribution in [0.1, 0.15) is 34.1 Å². The van der Waals surface area contributed by atoms with E-state index < -0.39 is 59.3 Å². The van der Waals surface area contributed by atoms with E-state index in [0.717, 1.165) is 5.57 Å². The number of hydrogen-bond donors (Lipinski definition) is 1. The summed E-state index contributed by atoms with van der Waals surface area (Å²) in [6.07, 6.45) is -1.44. The van der Waals surface area contributed by atoms with Gasteiger partial charge in [0.2, 0.25) is 0 Å². The van der Waals surface area contributed by atoms with Crippen molar-refractivity contribution in [3.05, 3.63) is 36.0 Å². The summed E-state index contributed by atoms with van der Waals surface area (Å²) in [7, 11) is 0. The minimum atomic E-state index is -1.52. The smallest absolute Gasteiger partial charge is 0.341 e. The lowest BCUT2D eigenvalue weighted by atomic mass is 9.77. The number of rotatable bonds is 3. The van der Waals surface area contributed by atoms with Crippen LogP contribution in [0.3, 0.4) is 0 Å². The maximum Gasteiger partial charge on any atom is 0.341 e. The summed E-state index contributed by atoms with van der Waals surface area (Å²) < 4.78 is 22.3. The van der Waals surface area contributed by atoms with Gasteiger partial charge in [0.1, 0.15) is 11.7 Å². The third-order valence-corrected chi connectivity index (χ3v) is 6.96. The molecular weight excluding hydrogens is 392 g/mol. The predicted molar refractivity (Wildman–Crippen MR) is 103 cm³/mol. The van der Waals surface area contributed by atoms with Gasteiger partial charge in [-0.2, -0.15) is 0 Å². The molecule has 0 radical (unpaired) electrons. The fraction of sp³-hybridized carbons (Fsp3) is 0.591. The van der Waals surface area contributed by atoms with Crippen LogP contribution in [0.5, 0.6) is 0 Å². The Hall–Kier alpha value is -2.45. The van der Waals surface area contributed by atoms with Crippen LogP contribution in [0.15, 0.2) is 36.0 Å². The maximum atomic E-state index is 12.9. The summed E-state index contributed by atoms with van der Waals surface area (Å²) in [6.45, 7) is 14.3. The molecule has 0 spiro atoms. The Labute approximate surface area is 174 Å². The number of esters is 3.